The number of methoxy groups -OCH3 is 4. The highest BCUT2D eigenvalue weighted by atomic mass is 19.1. The van der Waals surface area contributed by atoms with Gasteiger partial charge in [0.25, 0.3) is 0 Å². The predicted octanol–water partition coefficient (Wildman–Crippen LogP) is 5.29. The molecule has 3 heterocycles. The summed E-state index contributed by atoms with van der Waals surface area (Å²) in [5.74, 6) is -1.92. The molecule has 6 amide bonds. The average Bonchev–Trinajstić information content (AvgIpc) is 4.11. The minimum atomic E-state index is -1.04. The third-order valence-corrected chi connectivity index (χ3v) is 12.4. The van der Waals surface area contributed by atoms with Gasteiger partial charge in [-0.2, -0.15) is 0 Å². The smallest absolute Gasteiger partial charge is 0.407 e. The first-order valence-electron chi connectivity index (χ1n) is 21.5. The molecule has 6 rings (SSSR count). The van der Waals surface area contributed by atoms with Crippen molar-refractivity contribution >= 4 is 52.9 Å². The summed E-state index contributed by atoms with van der Waals surface area (Å²) in [4.78, 5) is 83.7. The number of nitrogens with one attached hydrogen (secondary N) is 4. The second-order valence-electron chi connectivity index (χ2n) is 16.2. The minimum absolute atomic E-state index is 0.103. The van der Waals surface area contributed by atoms with E-state index in [0.29, 0.717) is 50.1 Å². The van der Waals surface area contributed by atoms with Crippen LogP contribution in [0.1, 0.15) is 75.6 Å². The number of carbonyl (C=O) groups is 6. The van der Waals surface area contributed by atoms with Crippen LogP contribution in [0.3, 0.4) is 0 Å². The predicted molar refractivity (Wildman–Crippen MR) is 235 cm³/mol. The normalized spacial score (nSPS) is 21.3. The van der Waals surface area contributed by atoms with E-state index in [4.69, 9.17) is 18.9 Å². The van der Waals surface area contributed by atoms with Crippen molar-refractivity contribution in [1.29, 1.82) is 0 Å². The summed E-state index contributed by atoms with van der Waals surface area (Å²) in [7, 11) is 5.27. The standard InChI is InChI=1S/C46H58FN7O10/c1-27(61-3)39(50-45(59)63-5)43(57)52-25-7-9-37(52)41(55)48-32-17-11-29(12-18-32)35-23-24-36(54(35)34-21-15-31(47)16-22-34)30-13-19-33(20-14-30)49-42(56)38-10-8-26-53(38)44(58)40(28(2)62-4)51-46(60)64-6/h11-22,27-28,35-40H,7-10,23-26H2,1-6H3,(H,48,55)(H,49,56)(H,50,59)(H,51,60). The lowest BCUT2D eigenvalue weighted by Crippen LogP contribution is -2.56. The molecule has 3 aliphatic rings. The van der Waals surface area contributed by atoms with E-state index in [-0.39, 0.29) is 29.7 Å². The van der Waals surface area contributed by atoms with E-state index >= 15 is 0 Å². The van der Waals surface area contributed by atoms with Crippen molar-refractivity contribution < 1.29 is 52.1 Å². The van der Waals surface area contributed by atoms with Crippen LogP contribution in [-0.2, 0) is 38.1 Å². The number of anilines is 3. The van der Waals surface area contributed by atoms with Crippen molar-refractivity contribution in [3.63, 3.8) is 0 Å². The monoisotopic (exact) mass is 887 g/mol. The van der Waals surface area contributed by atoms with Gasteiger partial charge in [-0.3, -0.25) is 19.2 Å². The van der Waals surface area contributed by atoms with Crippen LogP contribution in [0.5, 0.6) is 0 Å². The Labute approximate surface area is 372 Å². The molecule has 0 bridgehead atoms. The second kappa shape index (κ2) is 21.4. The van der Waals surface area contributed by atoms with Gasteiger partial charge in [0.05, 0.1) is 38.5 Å². The minimum Gasteiger partial charge on any atom is -0.453 e. The van der Waals surface area contributed by atoms with Crippen molar-refractivity contribution in [1.82, 2.24) is 20.4 Å². The van der Waals surface area contributed by atoms with Crippen molar-refractivity contribution in [3.8, 4) is 0 Å². The highest BCUT2D eigenvalue weighted by Gasteiger charge is 2.42. The quantitative estimate of drug-likeness (QED) is 0.155. The van der Waals surface area contributed by atoms with Crippen molar-refractivity contribution in [3.05, 3.63) is 89.7 Å². The molecule has 0 spiro atoms. The van der Waals surface area contributed by atoms with Crippen molar-refractivity contribution in [2.75, 3.05) is 57.1 Å². The molecule has 4 N–H and O–H groups in total. The zero-order valence-corrected chi connectivity index (χ0v) is 37.0. The van der Waals surface area contributed by atoms with Gasteiger partial charge in [-0.1, -0.05) is 24.3 Å². The van der Waals surface area contributed by atoms with Gasteiger partial charge in [-0.15, -0.1) is 0 Å². The number of ether oxygens (including phenoxy) is 4. The number of hydrogen-bond donors (Lipinski definition) is 4. The molecule has 8 unspecified atom stereocenters. The fourth-order valence-electron chi connectivity index (χ4n) is 8.83. The summed E-state index contributed by atoms with van der Waals surface area (Å²) in [5, 5.41) is 11.0. The lowest BCUT2D eigenvalue weighted by molar-refractivity contribution is -0.141. The Hall–Kier alpha value is -6.27. The highest BCUT2D eigenvalue weighted by molar-refractivity contribution is 6.00. The Kier molecular flexibility index (Phi) is 15.8. The van der Waals surface area contributed by atoms with E-state index in [1.54, 1.807) is 26.0 Å². The number of nitrogens with zero attached hydrogens (tertiary/aromatic N) is 3. The zero-order valence-electron chi connectivity index (χ0n) is 37.0. The fraction of sp³-hybridized carbons (Fsp3) is 0.478. The first-order chi connectivity index (χ1) is 30.8. The molecule has 0 saturated carbocycles. The van der Waals surface area contributed by atoms with E-state index in [1.165, 1.54) is 50.4 Å². The number of alkyl carbamates (subject to hydrolysis) is 2. The van der Waals surface area contributed by atoms with Gasteiger partial charge in [0.1, 0.15) is 30.0 Å². The first kappa shape index (κ1) is 47.2. The number of halogens is 1. The lowest BCUT2D eigenvalue weighted by Gasteiger charge is -2.33. The molecule has 18 heteroatoms. The number of amides is 6. The van der Waals surface area contributed by atoms with E-state index in [0.717, 1.165) is 29.7 Å². The van der Waals surface area contributed by atoms with E-state index in [9.17, 15) is 33.2 Å². The average molecular weight is 888 g/mol. The second-order valence-corrected chi connectivity index (χ2v) is 16.2. The van der Waals surface area contributed by atoms with Gasteiger partial charge in [0.2, 0.25) is 23.6 Å². The first-order valence-corrected chi connectivity index (χ1v) is 21.5. The zero-order chi connectivity index (χ0) is 46.1. The van der Waals surface area contributed by atoms with E-state index in [2.05, 4.69) is 26.2 Å². The van der Waals surface area contributed by atoms with Gasteiger partial charge in [0, 0.05) is 44.4 Å². The highest BCUT2D eigenvalue weighted by Crippen LogP contribution is 2.47. The van der Waals surface area contributed by atoms with Crippen molar-refractivity contribution in [2.45, 2.75) is 101 Å². The Balaban J connectivity index is 1.14. The Morgan fingerprint density at radius 3 is 1.33 bits per heavy atom. The number of hydrogen-bond acceptors (Lipinski definition) is 11. The molecule has 17 nitrogen and oxygen atoms in total. The molecule has 344 valence electrons. The summed E-state index contributed by atoms with van der Waals surface area (Å²) in [6, 6.07) is 17.7. The van der Waals surface area contributed by atoms with Crippen molar-refractivity contribution in [2.24, 2.45) is 0 Å². The Morgan fingerprint density at radius 2 is 0.969 bits per heavy atom. The summed E-state index contributed by atoms with van der Waals surface area (Å²) in [5.41, 5.74) is 3.89. The molecular formula is C46H58FN7O10. The summed E-state index contributed by atoms with van der Waals surface area (Å²) in [6.07, 6.45) is 0.785. The molecule has 3 fully saturated rings. The van der Waals surface area contributed by atoms with Gasteiger partial charge in [-0.05, 0) is 112 Å². The largest absolute Gasteiger partial charge is 0.453 e. The maximum Gasteiger partial charge on any atom is 0.407 e. The number of likely N-dealkylation sites (tertiary alicyclic amines) is 2. The summed E-state index contributed by atoms with van der Waals surface area (Å²) >= 11 is 0. The lowest BCUT2D eigenvalue weighted by atomic mass is 10.0. The molecule has 0 aliphatic carbocycles. The molecular weight excluding hydrogens is 830 g/mol. The molecule has 3 aromatic rings. The number of rotatable bonds is 15. The molecule has 3 aliphatic heterocycles. The fourth-order valence-corrected chi connectivity index (χ4v) is 8.83. The van der Waals surface area contributed by atoms with Gasteiger partial charge in [-0.25, -0.2) is 14.0 Å². The van der Waals surface area contributed by atoms with Crippen LogP contribution >= 0.6 is 0 Å². The summed E-state index contributed by atoms with van der Waals surface area (Å²) < 4.78 is 34.3. The van der Waals surface area contributed by atoms with Crippen LogP contribution in [0.25, 0.3) is 0 Å². The van der Waals surface area contributed by atoms with Crippen LogP contribution < -0.4 is 26.2 Å². The van der Waals surface area contributed by atoms with Crippen LogP contribution in [0.4, 0.5) is 31.0 Å². The topological polar surface area (TPSA) is 197 Å². The van der Waals surface area contributed by atoms with Crippen LogP contribution in [0, 0.1) is 5.82 Å². The molecule has 64 heavy (non-hydrogen) atoms. The maximum absolute atomic E-state index is 14.2. The molecule has 0 radical (unpaired) electrons. The summed E-state index contributed by atoms with van der Waals surface area (Å²) in [6.45, 7) is 4.00. The van der Waals surface area contributed by atoms with E-state index in [1.807, 2.05) is 48.5 Å². The molecule has 3 saturated heterocycles. The van der Waals surface area contributed by atoms with Gasteiger partial charge < -0.3 is 54.9 Å². The Bertz CT molecular complexity index is 2000. The van der Waals surface area contributed by atoms with Crippen LogP contribution in [0.15, 0.2) is 72.8 Å². The third kappa shape index (κ3) is 10.7. The SMILES string of the molecule is COC(=O)NC(C(=O)N1CCCC1C(=O)Nc1ccc(C2CCC(c3ccc(NC(=O)C4CCCN4C(=O)C(NC(=O)OC)C(C)OC)cc3)N2c2ccc(F)cc2)cc1)C(C)OC. The maximum atomic E-state index is 14.2. The van der Waals surface area contributed by atoms with Crippen LogP contribution in [0.2, 0.25) is 0 Å². The van der Waals surface area contributed by atoms with Gasteiger partial charge >= 0.3 is 12.2 Å². The molecule has 8 atom stereocenters. The molecule has 0 aromatic heterocycles. The third-order valence-electron chi connectivity index (χ3n) is 12.4. The molecule has 3 aromatic carbocycles. The van der Waals surface area contributed by atoms with Gasteiger partial charge in [0.15, 0.2) is 0 Å². The van der Waals surface area contributed by atoms with E-state index < -0.39 is 60.4 Å². The number of carbonyl (C=O) groups excluding carboxylic acids is 6. The Morgan fingerprint density at radius 1 is 0.578 bits per heavy atom. The number of benzene rings is 3. The van der Waals surface area contributed by atoms with Crippen LogP contribution in [-0.4, -0.2) is 124 Å².